The quantitative estimate of drug-likeness (QED) is 0.608. The van der Waals surface area contributed by atoms with Gasteiger partial charge in [0.25, 0.3) is 5.60 Å². The van der Waals surface area contributed by atoms with E-state index in [0.29, 0.717) is 12.8 Å². The first-order valence-corrected chi connectivity index (χ1v) is 5.47. The molecule has 0 radical (unpaired) electrons. The van der Waals surface area contributed by atoms with E-state index in [4.69, 9.17) is 20.1 Å². The molecule has 1 saturated carbocycles. The number of aliphatic carboxylic acids is 3. The molecule has 8 nitrogen and oxygen atoms in total. The third kappa shape index (κ3) is 3.65. The number of hydrogen-bond donors (Lipinski definition) is 3. The van der Waals surface area contributed by atoms with Gasteiger partial charge in [0.1, 0.15) is 0 Å². The molecule has 0 atom stereocenters. The fraction of sp³-hybridized carbons (Fsp3) is 0.727. The van der Waals surface area contributed by atoms with Crippen LogP contribution in [0, 0.1) is 0 Å². The summed E-state index contributed by atoms with van der Waals surface area (Å²) in [5.74, 6) is -3.85. The maximum absolute atomic E-state index is 10.4. The Balaban J connectivity index is 0.000000342. The zero-order valence-corrected chi connectivity index (χ0v) is 11.0. The molecule has 0 aromatic heterocycles. The molecule has 0 amide bonds. The van der Waals surface area contributed by atoms with Gasteiger partial charge in [-0.2, -0.15) is 0 Å². The van der Waals surface area contributed by atoms with E-state index >= 15 is 0 Å². The normalized spacial score (nSPS) is 16.6. The summed E-state index contributed by atoms with van der Waals surface area (Å²) in [6.45, 7) is 0.970. The SMILES string of the molecule is COC(C)(C(=O)O)C(=O)O.COC1(C(=O)O)CCC1. The Morgan fingerprint density at radius 1 is 1.05 bits per heavy atom. The molecule has 0 aliphatic heterocycles. The van der Waals surface area contributed by atoms with Gasteiger partial charge in [-0.05, 0) is 26.2 Å². The lowest BCUT2D eigenvalue weighted by atomic mass is 9.80. The lowest BCUT2D eigenvalue weighted by molar-refractivity contribution is -0.177. The Labute approximate surface area is 109 Å². The first-order valence-electron chi connectivity index (χ1n) is 5.47. The number of carboxylic acids is 3. The molecule has 1 rings (SSSR count). The van der Waals surface area contributed by atoms with Gasteiger partial charge in [-0.1, -0.05) is 0 Å². The van der Waals surface area contributed by atoms with E-state index in [0.717, 1.165) is 20.5 Å². The minimum Gasteiger partial charge on any atom is -0.479 e. The Morgan fingerprint density at radius 2 is 1.47 bits per heavy atom. The number of ether oxygens (including phenoxy) is 2. The average molecular weight is 278 g/mol. The molecular weight excluding hydrogens is 260 g/mol. The summed E-state index contributed by atoms with van der Waals surface area (Å²) in [5.41, 5.74) is -2.94. The highest BCUT2D eigenvalue weighted by Crippen LogP contribution is 2.34. The maximum Gasteiger partial charge on any atom is 0.347 e. The topological polar surface area (TPSA) is 130 Å². The zero-order chi connectivity index (χ0) is 15.3. The van der Waals surface area contributed by atoms with Gasteiger partial charge < -0.3 is 24.8 Å². The molecule has 3 N–H and O–H groups in total. The second-order valence-corrected chi connectivity index (χ2v) is 4.20. The summed E-state index contributed by atoms with van der Waals surface area (Å²) in [5, 5.41) is 25.2. The van der Waals surface area contributed by atoms with Gasteiger partial charge in [0.05, 0.1) is 0 Å². The summed E-state index contributed by atoms with van der Waals surface area (Å²) in [4.78, 5) is 30.8. The maximum atomic E-state index is 10.4. The van der Waals surface area contributed by atoms with Gasteiger partial charge in [-0.3, -0.25) is 0 Å². The van der Waals surface area contributed by atoms with Crippen molar-refractivity contribution in [3.63, 3.8) is 0 Å². The molecule has 0 bridgehead atoms. The van der Waals surface area contributed by atoms with Crippen LogP contribution in [0.15, 0.2) is 0 Å². The number of carboxylic acid groups (broad SMARTS) is 3. The number of methoxy groups -OCH3 is 2. The average Bonchev–Trinajstić information content (AvgIpc) is 2.26. The van der Waals surface area contributed by atoms with E-state index in [1.807, 2.05) is 0 Å². The van der Waals surface area contributed by atoms with Crippen LogP contribution in [0.4, 0.5) is 0 Å². The minimum atomic E-state index is -2.12. The molecule has 1 fully saturated rings. The van der Waals surface area contributed by atoms with E-state index < -0.39 is 29.1 Å². The van der Waals surface area contributed by atoms with Crippen LogP contribution in [0.1, 0.15) is 26.2 Å². The van der Waals surface area contributed by atoms with Crippen LogP contribution in [0.2, 0.25) is 0 Å². The minimum absolute atomic E-state index is 0.666. The van der Waals surface area contributed by atoms with Crippen molar-refractivity contribution in [3.05, 3.63) is 0 Å². The molecule has 0 aromatic carbocycles. The lowest BCUT2D eigenvalue weighted by Crippen LogP contribution is -2.46. The molecule has 8 heteroatoms. The smallest absolute Gasteiger partial charge is 0.347 e. The van der Waals surface area contributed by atoms with Gasteiger partial charge in [-0.25, -0.2) is 14.4 Å². The molecule has 0 unspecified atom stereocenters. The molecule has 1 aliphatic rings. The molecule has 0 heterocycles. The van der Waals surface area contributed by atoms with E-state index in [1.54, 1.807) is 0 Å². The molecular formula is C11H18O8. The van der Waals surface area contributed by atoms with Crippen molar-refractivity contribution in [1.29, 1.82) is 0 Å². The summed E-state index contributed by atoms with van der Waals surface area (Å²) < 4.78 is 9.10. The van der Waals surface area contributed by atoms with Crippen LogP contribution in [-0.2, 0) is 23.9 Å². The molecule has 110 valence electrons. The molecule has 0 aromatic rings. The van der Waals surface area contributed by atoms with Crippen molar-refractivity contribution >= 4 is 17.9 Å². The second kappa shape index (κ2) is 6.48. The van der Waals surface area contributed by atoms with E-state index in [9.17, 15) is 14.4 Å². The van der Waals surface area contributed by atoms with Crippen molar-refractivity contribution < 1.29 is 39.2 Å². The van der Waals surface area contributed by atoms with Crippen molar-refractivity contribution in [2.24, 2.45) is 0 Å². The van der Waals surface area contributed by atoms with Gasteiger partial charge in [-0.15, -0.1) is 0 Å². The molecule has 1 aliphatic carbocycles. The van der Waals surface area contributed by atoms with Crippen LogP contribution in [-0.4, -0.2) is 58.6 Å². The highest BCUT2D eigenvalue weighted by atomic mass is 16.5. The Bertz CT molecular complexity index is 338. The Hall–Kier alpha value is -1.67. The van der Waals surface area contributed by atoms with Crippen LogP contribution >= 0.6 is 0 Å². The van der Waals surface area contributed by atoms with Gasteiger partial charge in [0, 0.05) is 14.2 Å². The van der Waals surface area contributed by atoms with Crippen LogP contribution < -0.4 is 0 Å². The predicted octanol–water partition coefficient (Wildman–Crippen LogP) is 0.201. The standard InChI is InChI=1S/C6H10O3.C5H8O5/c1-9-6(5(7)8)3-2-4-6;1-5(10-2,3(6)7)4(8)9/h2-4H2,1H3,(H,7,8);1-2H3,(H,6,7)(H,8,9). The number of hydrogen-bond acceptors (Lipinski definition) is 5. The van der Waals surface area contributed by atoms with Gasteiger partial charge in [0.2, 0.25) is 0 Å². The number of carbonyl (C=O) groups is 3. The highest BCUT2D eigenvalue weighted by molar-refractivity contribution is 6.01. The van der Waals surface area contributed by atoms with Gasteiger partial charge in [0.15, 0.2) is 5.60 Å². The largest absolute Gasteiger partial charge is 0.479 e. The zero-order valence-electron chi connectivity index (χ0n) is 11.0. The van der Waals surface area contributed by atoms with E-state index in [1.165, 1.54) is 7.11 Å². The van der Waals surface area contributed by atoms with Crippen molar-refractivity contribution in [2.75, 3.05) is 14.2 Å². The third-order valence-electron chi connectivity index (χ3n) is 3.17. The fourth-order valence-corrected chi connectivity index (χ4v) is 1.27. The van der Waals surface area contributed by atoms with E-state index in [2.05, 4.69) is 4.74 Å². The summed E-state index contributed by atoms with van der Waals surface area (Å²) >= 11 is 0. The summed E-state index contributed by atoms with van der Waals surface area (Å²) in [7, 11) is 2.48. The Kier molecular flexibility index (Phi) is 5.91. The first-order chi connectivity index (χ1) is 8.66. The summed E-state index contributed by atoms with van der Waals surface area (Å²) in [6.07, 6.45) is 2.30. The van der Waals surface area contributed by atoms with Crippen molar-refractivity contribution in [1.82, 2.24) is 0 Å². The van der Waals surface area contributed by atoms with Gasteiger partial charge >= 0.3 is 17.9 Å². The molecule has 0 spiro atoms. The first kappa shape index (κ1) is 17.3. The Morgan fingerprint density at radius 3 is 1.47 bits per heavy atom. The van der Waals surface area contributed by atoms with Crippen LogP contribution in [0.25, 0.3) is 0 Å². The van der Waals surface area contributed by atoms with Crippen molar-refractivity contribution in [3.8, 4) is 0 Å². The molecule has 19 heavy (non-hydrogen) atoms. The highest BCUT2D eigenvalue weighted by Gasteiger charge is 2.44. The predicted molar refractivity (Wildman–Crippen MR) is 61.9 cm³/mol. The second-order valence-electron chi connectivity index (χ2n) is 4.20. The van der Waals surface area contributed by atoms with Crippen molar-refractivity contribution in [2.45, 2.75) is 37.4 Å². The third-order valence-corrected chi connectivity index (χ3v) is 3.17. The number of rotatable bonds is 5. The van der Waals surface area contributed by atoms with E-state index in [-0.39, 0.29) is 0 Å². The molecule has 0 saturated heterocycles. The monoisotopic (exact) mass is 278 g/mol. The lowest BCUT2D eigenvalue weighted by Gasteiger charge is -2.35. The fourth-order valence-electron chi connectivity index (χ4n) is 1.27. The van der Waals surface area contributed by atoms with Crippen LogP contribution in [0.3, 0.4) is 0 Å². The van der Waals surface area contributed by atoms with Crippen LogP contribution in [0.5, 0.6) is 0 Å². The summed E-state index contributed by atoms with van der Waals surface area (Å²) in [6, 6.07) is 0.